The number of hydrogen-bond acceptors (Lipinski definition) is 3. The van der Waals surface area contributed by atoms with Gasteiger partial charge in [-0.3, -0.25) is 0 Å². The fourth-order valence-corrected chi connectivity index (χ4v) is 1.98. The van der Waals surface area contributed by atoms with Crippen molar-refractivity contribution >= 4 is 21.6 Å². The van der Waals surface area contributed by atoms with Crippen molar-refractivity contribution in [3.05, 3.63) is 52.3 Å². The molecule has 0 aromatic heterocycles. The highest BCUT2D eigenvalue weighted by Gasteiger charge is 2.07. The molecule has 0 aliphatic rings. The van der Waals surface area contributed by atoms with Gasteiger partial charge in [-0.25, -0.2) is 4.39 Å². The molecule has 3 nitrogen and oxygen atoms in total. The van der Waals surface area contributed by atoms with E-state index in [-0.39, 0.29) is 12.4 Å². The van der Waals surface area contributed by atoms with Crippen LogP contribution in [0.3, 0.4) is 0 Å². The third kappa shape index (κ3) is 3.38. The van der Waals surface area contributed by atoms with Gasteiger partial charge >= 0.3 is 0 Å². The number of halogens is 2. The Labute approximate surface area is 119 Å². The average molecular weight is 326 g/mol. The lowest BCUT2D eigenvalue weighted by atomic mass is 10.2. The first kappa shape index (κ1) is 13.7. The number of nitrogens with two attached hydrogens (primary N) is 1. The van der Waals surface area contributed by atoms with Gasteiger partial charge in [-0.05, 0) is 40.2 Å². The van der Waals surface area contributed by atoms with Crippen LogP contribution >= 0.6 is 15.9 Å². The Morgan fingerprint density at radius 1 is 1.16 bits per heavy atom. The fourth-order valence-electron chi connectivity index (χ4n) is 1.62. The number of anilines is 1. The predicted molar refractivity (Wildman–Crippen MR) is 75.8 cm³/mol. The van der Waals surface area contributed by atoms with E-state index in [4.69, 9.17) is 15.2 Å². The van der Waals surface area contributed by atoms with Crippen LogP contribution in [0, 0.1) is 5.82 Å². The van der Waals surface area contributed by atoms with Crippen LogP contribution in [0.2, 0.25) is 0 Å². The minimum atomic E-state index is -0.345. The third-order valence-corrected chi connectivity index (χ3v) is 3.24. The number of hydrogen-bond donors (Lipinski definition) is 1. The zero-order valence-electron chi connectivity index (χ0n) is 10.3. The van der Waals surface area contributed by atoms with E-state index < -0.39 is 0 Å². The molecule has 0 saturated heterocycles. The van der Waals surface area contributed by atoms with Gasteiger partial charge in [-0.15, -0.1) is 0 Å². The molecule has 2 aromatic rings. The van der Waals surface area contributed by atoms with E-state index in [1.54, 1.807) is 25.3 Å². The van der Waals surface area contributed by atoms with Crippen LogP contribution < -0.4 is 15.2 Å². The van der Waals surface area contributed by atoms with Crippen LogP contribution in [-0.4, -0.2) is 7.11 Å². The average Bonchev–Trinajstić information content (AvgIpc) is 2.40. The van der Waals surface area contributed by atoms with E-state index in [0.717, 1.165) is 5.56 Å². The first-order chi connectivity index (χ1) is 9.10. The zero-order chi connectivity index (χ0) is 13.8. The number of rotatable bonds is 4. The molecule has 19 heavy (non-hydrogen) atoms. The van der Waals surface area contributed by atoms with Crippen LogP contribution in [0.1, 0.15) is 5.56 Å². The molecule has 2 N–H and O–H groups in total. The standard InChI is InChI=1S/C14H13BrFNO2/c1-18-13-7-11(17)4-2-9(13)8-19-14-6-10(16)3-5-12(14)15/h2-7H,8,17H2,1H3. The summed E-state index contributed by atoms with van der Waals surface area (Å²) in [7, 11) is 1.57. The molecule has 0 radical (unpaired) electrons. The Morgan fingerprint density at radius 3 is 2.68 bits per heavy atom. The van der Waals surface area contributed by atoms with Gasteiger partial charge in [0.2, 0.25) is 0 Å². The monoisotopic (exact) mass is 325 g/mol. The van der Waals surface area contributed by atoms with Crippen molar-refractivity contribution in [2.75, 3.05) is 12.8 Å². The highest BCUT2D eigenvalue weighted by Crippen LogP contribution is 2.28. The molecule has 2 rings (SSSR count). The molecule has 0 saturated carbocycles. The summed E-state index contributed by atoms with van der Waals surface area (Å²) in [5.41, 5.74) is 7.14. The number of benzene rings is 2. The van der Waals surface area contributed by atoms with Gasteiger partial charge in [-0.1, -0.05) is 0 Å². The van der Waals surface area contributed by atoms with Gasteiger partial charge in [0.05, 0.1) is 11.6 Å². The van der Waals surface area contributed by atoms with Crippen molar-refractivity contribution in [2.45, 2.75) is 6.61 Å². The summed E-state index contributed by atoms with van der Waals surface area (Å²) in [6.07, 6.45) is 0. The molecule has 0 bridgehead atoms. The molecular weight excluding hydrogens is 313 g/mol. The second-order valence-electron chi connectivity index (χ2n) is 3.93. The Morgan fingerprint density at radius 2 is 1.95 bits per heavy atom. The highest BCUT2D eigenvalue weighted by atomic mass is 79.9. The number of ether oxygens (including phenoxy) is 2. The largest absolute Gasteiger partial charge is 0.496 e. The molecule has 0 aliphatic carbocycles. The quantitative estimate of drug-likeness (QED) is 0.870. The lowest BCUT2D eigenvalue weighted by Gasteiger charge is -2.12. The summed E-state index contributed by atoms with van der Waals surface area (Å²) in [5, 5.41) is 0. The minimum Gasteiger partial charge on any atom is -0.496 e. The van der Waals surface area contributed by atoms with Crippen LogP contribution in [0.5, 0.6) is 11.5 Å². The minimum absolute atomic E-state index is 0.269. The maximum atomic E-state index is 13.1. The molecule has 0 aliphatic heterocycles. The Balaban J connectivity index is 2.16. The van der Waals surface area contributed by atoms with Crippen molar-refractivity contribution in [3.63, 3.8) is 0 Å². The first-order valence-corrected chi connectivity index (χ1v) is 6.39. The van der Waals surface area contributed by atoms with Gasteiger partial charge < -0.3 is 15.2 Å². The molecule has 100 valence electrons. The molecule has 0 spiro atoms. The van der Waals surface area contributed by atoms with Crippen molar-refractivity contribution in [1.29, 1.82) is 0 Å². The van der Waals surface area contributed by atoms with Crippen molar-refractivity contribution in [2.24, 2.45) is 0 Å². The van der Waals surface area contributed by atoms with Crippen LogP contribution in [-0.2, 0) is 6.61 Å². The predicted octanol–water partition coefficient (Wildman–Crippen LogP) is 3.76. The molecule has 5 heteroatoms. The summed E-state index contributed by atoms with van der Waals surface area (Å²) in [4.78, 5) is 0. The van der Waals surface area contributed by atoms with Gasteiger partial charge in [0.25, 0.3) is 0 Å². The van der Waals surface area contributed by atoms with Gasteiger partial charge in [0.15, 0.2) is 0 Å². The lowest BCUT2D eigenvalue weighted by molar-refractivity contribution is 0.293. The second-order valence-corrected chi connectivity index (χ2v) is 4.79. The molecule has 2 aromatic carbocycles. The molecule has 0 unspecified atom stereocenters. The van der Waals surface area contributed by atoms with E-state index in [0.29, 0.717) is 21.7 Å². The van der Waals surface area contributed by atoms with Gasteiger partial charge in [0.1, 0.15) is 23.9 Å². The van der Waals surface area contributed by atoms with Crippen molar-refractivity contribution < 1.29 is 13.9 Å². The summed E-state index contributed by atoms with van der Waals surface area (Å²) >= 11 is 3.31. The smallest absolute Gasteiger partial charge is 0.136 e. The summed E-state index contributed by atoms with van der Waals surface area (Å²) in [6, 6.07) is 9.60. The molecule has 0 amide bonds. The Bertz CT molecular complexity index is 590. The number of methoxy groups -OCH3 is 1. The molecule has 0 atom stereocenters. The second kappa shape index (κ2) is 5.93. The Kier molecular flexibility index (Phi) is 4.27. The summed E-state index contributed by atoms with van der Waals surface area (Å²) in [5.74, 6) is 0.744. The topological polar surface area (TPSA) is 44.5 Å². The molecule has 0 heterocycles. The van der Waals surface area contributed by atoms with Crippen molar-refractivity contribution in [1.82, 2.24) is 0 Å². The van der Waals surface area contributed by atoms with E-state index in [1.165, 1.54) is 12.1 Å². The van der Waals surface area contributed by atoms with E-state index in [9.17, 15) is 4.39 Å². The van der Waals surface area contributed by atoms with Gasteiger partial charge in [-0.2, -0.15) is 0 Å². The third-order valence-electron chi connectivity index (χ3n) is 2.59. The van der Waals surface area contributed by atoms with E-state index >= 15 is 0 Å². The summed E-state index contributed by atoms with van der Waals surface area (Å²) < 4.78 is 24.6. The molecule has 0 fully saturated rings. The van der Waals surface area contributed by atoms with E-state index in [2.05, 4.69) is 15.9 Å². The SMILES string of the molecule is COc1cc(N)ccc1COc1cc(F)ccc1Br. The number of nitrogen functional groups attached to an aromatic ring is 1. The van der Waals surface area contributed by atoms with Crippen molar-refractivity contribution in [3.8, 4) is 11.5 Å². The maximum Gasteiger partial charge on any atom is 0.136 e. The lowest BCUT2D eigenvalue weighted by Crippen LogP contribution is -2.00. The van der Waals surface area contributed by atoms with Crippen LogP contribution in [0.4, 0.5) is 10.1 Å². The Hall–Kier alpha value is -1.75. The highest BCUT2D eigenvalue weighted by molar-refractivity contribution is 9.10. The first-order valence-electron chi connectivity index (χ1n) is 5.60. The van der Waals surface area contributed by atoms with E-state index in [1.807, 2.05) is 6.07 Å². The fraction of sp³-hybridized carbons (Fsp3) is 0.143. The summed E-state index contributed by atoms with van der Waals surface area (Å²) in [6.45, 7) is 0.269. The molecular formula is C14H13BrFNO2. The van der Waals surface area contributed by atoms with Crippen LogP contribution in [0.25, 0.3) is 0 Å². The van der Waals surface area contributed by atoms with Gasteiger partial charge in [0, 0.05) is 23.4 Å². The normalized spacial score (nSPS) is 10.3. The maximum absolute atomic E-state index is 13.1. The zero-order valence-corrected chi connectivity index (χ0v) is 11.9. The van der Waals surface area contributed by atoms with Crippen LogP contribution in [0.15, 0.2) is 40.9 Å².